The van der Waals surface area contributed by atoms with Crippen molar-refractivity contribution in [2.75, 3.05) is 11.9 Å². The summed E-state index contributed by atoms with van der Waals surface area (Å²) in [5, 5.41) is 2.85. The maximum Gasteiger partial charge on any atom is 0.336 e. The molecule has 0 bridgehead atoms. The number of hydrogen-bond acceptors (Lipinski definition) is 5. The number of ether oxygens (including phenoxy) is 1. The molecule has 3 rings (SSSR count). The number of carbonyl (C=O) groups excluding carboxylic acids is 1. The molecular formula is C17H16FN3O4. The SMILES string of the molecule is CCOC(=O)C1=C(C)Nc2[nH]c(=O)[nH]c(=O)c2C1c1cccc(F)c1. The zero-order chi connectivity index (χ0) is 18.1. The average molecular weight is 345 g/mol. The Bertz CT molecular complexity index is 990. The number of rotatable bonds is 3. The number of anilines is 1. The Labute approximate surface area is 141 Å². The van der Waals surface area contributed by atoms with E-state index in [0.717, 1.165) is 0 Å². The molecule has 7 nitrogen and oxygen atoms in total. The van der Waals surface area contributed by atoms with Gasteiger partial charge in [0.25, 0.3) is 5.56 Å². The molecule has 0 amide bonds. The lowest BCUT2D eigenvalue weighted by Crippen LogP contribution is -2.35. The highest BCUT2D eigenvalue weighted by Gasteiger charge is 2.36. The molecule has 25 heavy (non-hydrogen) atoms. The molecule has 0 radical (unpaired) electrons. The van der Waals surface area contributed by atoms with Gasteiger partial charge in [0.2, 0.25) is 0 Å². The van der Waals surface area contributed by atoms with Gasteiger partial charge in [0.15, 0.2) is 0 Å². The molecule has 1 aromatic heterocycles. The van der Waals surface area contributed by atoms with Crippen LogP contribution in [0.2, 0.25) is 0 Å². The van der Waals surface area contributed by atoms with Gasteiger partial charge < -0.3 is 10.1 Å². The number of H-pyrrole nitrogens is 2. The van der Waals surface area contributed by atoms with E-state index >= 15 is 0 Å². The molecule has 2 heterocycles. The number of fused-ring (bicyclic) bond motifs is 1. The summed E-state index contributed by atoms with van der Waals surface area (Å²) in [6.45, 7) is 3.45. The van der Waals surface area contributed by atoms with Crippen LogP contribution in [0, 0.1) is 5.82 Å². The van der Waals surface area contributed by atoms with E-state index in [1.165, 1.54) is 18.2 Å². The summed E-state index contributed by atoms with van der Waals surface area (Å²) in [5.74, 6) is -1.81. The normalized spacial score (nSPS) is 16.2. The third-order valence-corrected chi connectivity index (χ3v) is 3.95. The molecule has 3 N–H and O–H groups in total. The van der Waals surface area contributed by atoms with Gasteiger partial charge >= 0.3 is 11.7 Å². The fourth-order valence-electron chi connectivity index (χ4n) is 2.99. The first kappa shape index (κ1) is 16.7. The fraction of sp³-hybridized carbons (Fsp3) is 0.235. The lowest BCUT2D eigenvalue weighted by atomic mass is 9.82. The van der Waals surface area contributed by atoms with Crippen LogP contribution in [-0.2, 0) is 9.53 Å². The minimum Gasteiger partial charge on any atom is -0.463 e. The minimum atomic E-state index is -0.869. The molecule has 0 spiro atoms. The Morgan fingerprint density at radius 3 is 2.72 bits per heavy atom. The van der Waals surface area contributed by atoms with E-state index < -0.39 is 29.0 Å². The topological polar surface area (TPSA) is 104 Å². The van der Waals surface area contributed by atoms with E-state index in [9.17, 15) is 18.8 Å². The highest BCUT2D eigenvalue weighted by Crippen LogP contribution is 2.39. The van der Waals surface area contributed by atoms with Gasteiger partial charge in [0.05, 0.1) is 23.7 Å². The lowest BCUT2D eigenvalue weighted by Gasteiger charge is -2.28. The van der Waals surface area contributed by atoms with Crippen LogP contribution in [0.25, 0.3) is 0 Å². The van der Waals surface area contributed by atoms with Crippen LogP contribution < -0.4 is 16.6 Å². The van der Waals surface area contributed by atoms with Crippen molar-refractivity contribution in [3.8, 4) is 0 Å². The third-order valence-electron chi connectivity index (χ3n) is 3.95. The van der Waals surface area contributed by atoms with Gasteiger partial charge in [0, 0.05) is 5.70 Å². The molecular weight excluding hydrogens is 329 g/mol. The fourth-order valence-corrected chi connectivity index (χ4v) is 2.99. The molecule has 8 heteroatoms. The molecule has 0 saturated heterocycles. The average Bonchev–Trinajstić information content (AvgIpc) is 2.53. The quantitative estimate of drug-likeness (QED) is 0.733. The van der Waals surface area contributed by atoms with E-state index in [2.05, 4.69) is 15.3 Å². The first-order chi connectivity index (χ1) is 11.9. The van der Waals surface area contributed by atoms with Gasteiger partial charge in [-0.1, -0.05) is 12.1 Å². The molecule has 130 valence electrons. The number of aromatic nitrogens is 2. The van der Waals surface area contributed by atoms with Gasteiger partial charge in [0.1, 0.15) is 11.6 Å². The van der Waals surface area contributed by atoms with Crippen LogP contribution in [0.3, 0.4) is 0 Å². The second-order valence-corrected chi connectivity index (χ2v) is 5.57. The summed E-state index contributed by atoms with van der Waals surface area (Å²) in [4.78, 5) is 41.1. The summed E-state index contributed by atoms with van der Waals surface area (Å²) in [5.41, 5.74) is -0.197. The number of halogens is 1. The van der Waals surface area contributed by atoms with E-state index in [-0.39, 0.29) is 23.6 Å². The van der Waals surface area contributed by atoms with Crippen molar-refractivity contribution < 1.29 is 13.9 Å². The number of benzene rings is 1. The van der Waals surface area contributed by atoms with Gasteiger partial charge in [-0.15, -0.1) is 0 Å². The first-order valence-corrected chi connectivity index (χ1v) is 7.69. The smallest absolute Gasteiger partial charge is 0.336 e. The molecule has 1 atom stereocenters. The van der Waals surface area contributed by atoms with E-state index in [1.807, 2.05) is 0 Å². The highest BCUT2D eigenvalue weighted by atomic mass is 19.1. The number of esters is 1. The van der Waals surface area contributed by atoms with E-state index in [1.54, 1.807) is 19.9 Å². The number of allylic oxidation sites excluding steroid dienone is 1. The van der Waals surface area contributed by atoms with Crippen molar-refractivity contribution in [3.05, 3.63) is 73.3 Å². The van der Waals surface area contributed by atoms with Crippen LogP contribution in [0.4, 0.5) is 10.2 Å². The Morgan fingerprint density at radius 1 is 1.28 bits per heavy atom. The first-order valence-electron chi connectivity index (χ1n) is 7.69. The number of carbonyl (C=O) groups is 1. The van der Waals surface area contributed by atoms with Crippen LogP contribution in [-0.4, -0.2) is 22.5 Å². The van der Waals surface area contributed by atoms with Crippen molar-refractivity contribution in [1.82, 2.24) is 9.97 Å². The standard InChI is InChI=1S/C17H16FN3O4/c1-3-25-16(23)11-8(2)19-14-13(15(22)21-17(24)20-14)12(11)9-5-4-6-10(18)7-9/h4-7,12H,3H2,1-2H3,(H3,19,20,21,22,24). The summed E-state index contributed by atoms with van der Waals surface area (Å²) >= 11 is 0. The maximum atomic E-state index is 13.7. The summed E-state index contributed by atoms with van der Waals surface area (Å²) in [7, 11) is 0. The van der Waals surface area contributed by atoms with Crippen LogP contribution in [0.1, 0.15) is 30.9 Å². The van der Waals surface area contributed by atoms with Crippen molar-refractivity contribution in [3.63, 3.8) is 0 Å². The van der Waals surface area contributed by atoms with Gasteiger partial charge in [-0.3, -0.25) is 14.8 Å². The molecule has 0 saturated carbocycles. The Balaban J connectivity index is 2.30. The van der Waals surface area contributed by atoms with Crippen molar-refractivity contribution in [1.29, 1.82) is 0 Å². The predicted molar refractivity (Wildman–Crippen MR) is 88.9 cm³/mol. The molecule has 0 fully saturated rings. The summed E-state index contributed by atoms with van der Waals surface area (Å²) < 4.78 is 18.8. The maximum absolute atomic E-state index is 13.7. The summed E-state index contributed by atoms with van der Waals surface area (Å²) in [6, 6.07) is 5.62. The second kappa shape index (κ2) is 6.39. The number of nitrogens with one attached hydrogen (secondary N) is 3. The second-order valence-electron chi connectivity index (χ2n) is 5.57. The monoisotopic (exact) mass is 345 g/mol. The van der Waals surface area contributed by atoms with Crippen LogP contribution in [0.15, 0.2) is 45.1 Å². The minimum absolute atomic E-state index is 0.124. The molecule has 0 aliphatic carbocycles. The summed E-state index contributed by atoms with van der Waals surface area (Å²) in [6.07, 6.45) is 0. The number of aromatic amines is 2. The third kappa shape index (κ3) is 2.98. The van der Waals surface area contributed by atoms with Gasteiger partial charge in [-0.2, -0.15) is 0 Å². The van der Waals surface area contributed by atoms with Crippen molar-refractivity contribution in [2.24, 2.45) is 0 Å². The zero-order valence-corrected chi connectivity index (χ0v) is 13.6. The predicted octanol–water partition coefficient (Wildman–Crippen LogP) is 1.60. The molecule has 2 aromatic rings. The van der Waals surface area contributed by atoms with Crippen molar-refractivity contribution >= 4 is 11.8 Å². The molecule has 1 aromatic carbocycles. The zero-order valence-electron chi connectivity index (χ0n) is 13.6. The molecule has 1 aliphatic heterocycles. The van der Waals surface area contributed by atoms with Crippen molar-refractivity contribution in [2.45, 2.75) is 19.8 Å². The molecule has 1 aliphatic rings. The number of hydrogen-bond donors (Lipinski definition) is 3. The van der Waals surface area contributed by atoms with E-state index in [4.69, 9.17) is 4.74 Å². The highest BCUT2D eigenvalue weighted by molar-refractivity contribution is 5.94. The van der Waals surface area contributed by atoms with Gasteiger partial charge in [-0.25, -0.2) is 14.0 Å². The van der Waals surface area contributed by atoms with Crippen LogP contribution in [0.5, 0.6) is 0 Å². The Kier molecular flexibility index (Phi) is 4.26. The largest absolute Gasteiger partial charge is 0.463 e. The Morgan fingerprint density at radius 2 is 2.04 bits per heavy atom. The molecule has 1 unspecified atom stereocenters. The lowest BCUT2D eigenvalue weighted by molar-refractivity contribution is -0.138. The Hall–Kier alpha value is -3.16. The van der Waals surface area contributed by atoms with E-state index in [0.29, 0.717) is 11.3 Å². The van der Waals surface area contributed by atoms with Gasteiger partial charge in [-0.05, 0) is 31.5 Å². The van der Waals surface area contributed by atoms with Crippen LogP contribution >= 0.6 is 0 Å².